The average molecular weight is 463 g/mol. The molecule has 10 heteroatoms. The van der Waals surface area contributed by atoms with E-state index in [0.29, 0.717) is 22.3 Å². The molecule has 23 heavy (non-hydrogen) atoms. The molecular formula is C13H9Cl2IN6O. The number of halogens is 3. The molecular weight excluding hydrogens is 454 g/mol. The summed E-state index contributed by atoms with van der Waals surface area (Å²) in [5.41, 5.74) is 1.29. The topological polar surface area (TPSA) is 88.5 Å². The number of nitrogens with one attached hydrogen (secondary N) is 2. The molecule has 0 bridgehead atoms. The zero-order valence-electron chi connectivity index (χ0n) is 11.4. The Labute approximate surface area is 154 Å². The van der Waals surface area contributed by atoms with Crippen LogP contribution in [0.3, 0.4) is 0 Å². The summed E-state index contributed by atoms with van der Waals surface area (Å²) >= 11 is 13.9. The van der Waals surface area contributed by atoms with Crippen LogP contribution in [0.25, 0.3) is 0 Å². The molecule has 2 aromatic heterocycles. The summed E-state index contributed by atoms with van der Waals surface area (Å²) in [6.45, 7) is 0.460. The molecule has 0 spiro atoms. The fourth-order valence-corrected chi connectivity index (χ4v) is 2.67. The number of anilines is 1. The van der Waals surface area contributed by atoms with Gasteiger partial charge >= 0.3 is 0 Å². The molecule has 0 unspecified atom stereocenters. The van der Waals surface area contributed by atoms with Gasteiger partial charge in [-0.3, -0.25) is 15.2 Å². The molecule has 2 heterocycles. The van der Waals surface area contributed by atoms with Gasteiger partial charge in [0.05, 0.1) is 26.4 Å². The third kappa shape index (κ3) is 3.82. The Morgan fingerprint density at radius 3 is 2.87 bits per heavy atom. The van der Waals surface area contributed by atoms with Crippen LogP contribution in [-0.4, -0.2) is 30.9 Å². The largest absolute Gasteiger partial charge is 0.288 e. The number of carbonyl (C=O) groups is 1. The first-order chi connectivity index (χ1) is 11.0. The van der Waals surface area contributed by atoms with Gasteiger partial charge in [0.25, 0.3) is 5.91 Å². The number of rotatable bonds is 4. The second kappa shape index (κ2) is 6.85. The number of amides is 1. The number of aromatic amines is 1. The Hall–Kier alpha value is -1.65. The normalized spacial score (nSPS) is 10.7. The van der Waals surface area contributed by atoms with Gasteiger partial charge in [0.15, 0.2) is 0 Å². The summed E-state index contributed by atoms with van der Waals surface area (Å²) in [7, 11) is 0. The minimum absolute atomic E-state index is 0.209. The van der Waals surface area contributed by atoms with E-state index >= 15 is 0 Å². The summed E-state index contributed by atoms with van der Waals surface area (Å²) < 4.78 is 2.31. The predicted octanol–water partition coefficient (Wildman–Crippen LogP) is 3.21. The third-order valence-corrected chi connectivity index (χ3v) is 4.47. The van der Waals surface area contributed by atoms with Crippen molar-refractivity contribution in [2.75, 3.05) is 5.32 Å². The van der Waals surface area contributed by atoms with Crippen LogP contribution in [0.1, 0.15) is 16.1 Å². The van der Waals surface area contributed by atoms with Crippen LogP contribution in [-0.2, 0) is 6.54 Å². The van der Waals surface area contributed by atoms with Gasteiger partial charge in [0.2, 0.25) is 5.95 Å². The minimum Gasteiger partial charge on any atom is -0.288 e. The summed E-state index contributed by atoms with van der Waals surface area (Å²) in [4.78, 5) is 16.1. The van der Waals surface area contributed by atoms with Gasteiger partial charge in [0.1, 0.15) is 12.0 Å². The molecule has 118 valence electrons. The van der Waals surface area contributed by atoms with Crippen LogP contribution < -0.4 is 5.32 Å². The van der Waals surface area contributed by atoms with Crippen LogP contribution in [0.2, 0.25) is 10.0 Å². The van der Waals surface area contributed by atoms with Crippen molar-refractivity contribution in [3.8, 4) is 0 Å². The van der Waals surface area contributed by atoms with Crippen molar-refractivity contribution in [1.29, 1.82) is 0 Å². The van der Waals surface area contributed by atoms with Gasteiger partial charge in [0, 0.05) is 0 Å². The molecule has 2 N–H and O–H groups in total. The standard InChI is InChI=1S/C13H9Cl2IN6O/c14-8-2-1-7(3-9(8)15)5-22-6-17-13(21-22)19-12(23)11-10(16)4-18-20-11/h1-4,6H,5H2,(H,18,20)(H,19,21,23). The Morgan fingerprint density at radius 2 is 2.17 bits per heavy atom. The quantitative estimate of drug-likeness (QED) is 0.582. The van der Waals surface area contributed by atoms with E-state index in [-0.39, 0.29) is 11.9 Å². The lowest BCUT2D eigenvalue weighted by Crippen LogP contribution is -2.15. The SMILES string of the molecule is O=C(Nc1ncn(Cc2ccc(Cl)c(Cl)c2)n1)c1[nH]ncc1I. The number of nitrogens with zero attached hydrogens (tertiary/aromatic N) is 4. The fourth-order valence-electron chi connectivity index (χ4n) is 1.85. The Kier molecular flexibility index (Phi) is 4.83. The van der Waals surface area contributed by atoms with E-state index in [4.69, 9.17) is 23.2 Å². The monoisotopic (exact) mass is 462 g/mol. The van der Waals surface area contributed by atoms with Crippen molar-refractivity contribution in [3.63, 3.8) is 0 Å². The second-order valence-electron chi connectivity index (χ2n) is 4.56. The van der Waals surface area contributed by atoms with Crippen LogP contribution >= 0.6 is 45.8 Å². The number of benzene rings is 1. The molecule has 0 saturated carbocycles. The lowest BCUT2D eigenvalue weighted by molar-refractivity contribution is 0.102. The molecule has 3 aromatic rings. The Morgan fingerprint density at radius 1 is 1.35 bits per heavy atom. The predicted molar refractivity (Wildman–Crippen MR) is 94.8 cm³/mol. The lowest BCUT2D eigenvalue weighted by Gasteiger charge is -2.03. The fraction of sp³-hybridized carbons (Fsp3) is 0.0769. The van der Waals surface area contributed by atoms with Gasteiger partial charge in [-0.05, 0) is 40.3 Å². The molecule has 1 amide bonds. The van der Waals surface area contributed by atoms with E-state index in [2.05, 4.69) is 25.6 Å². The highest BCUT2D eigenvalue weighted by atomic mass is 127. The zero-order valence-corrected chi connectivity index (χ0v) is 15.1. The third-order valence-electron chi connectivity index (χ3n) is 2.91. The second-order valence-corrected chi connectivity index (χ2v) is 6.54. The average Bonchev–Trinajstić information content (AvgIpc) is 3.12. The molecule has 0 fully saturated rings. The van der Waals surface area contributed by atoms with Gasteiger partial charge in [-0.1, -0.05) is 29.3 Å². The summed E-state index contributed by atoms with van der Waals surface area (Å²) in [5.74, 6) is -0.139. The summed E-state index contributed by atoms with van der Waals surface area (Å²) in [6.07, 6.45) is 3.09. The molecule has 0 saturated heterocycles. The minimum atomic E-state index is -0.348. The summed E-state index contributed by atoms with van der Waals surface area (Å²) in [6, 6.07) is 5.33. The van der Waals surface area contributed by atoms with E-state index in [9.17, 15) is 4.79 Å². The molecule has 1 aromatic carbocycles. The van der Waals surface area contributed by atoms with Crippen LogP contribution in [0, 0.1) is 3.57 Å². The highest BCUT2D eigenvalue weighted by Crippen LogP contribution is 2.22. The summed E-state index contributed by atoms with van der Waals surface area (Å²) in [5, 5.41) is 14.2. The Bertz CT molecular complexity index is 862. The van der Waals surface area contributed by atoms with E-state index in [1.807, 2.05) is 28.7 Å². The first-order valence-corrected chi connectivity index (χ1v) is 8.20. The number of H-pyrrole nitrogens is 1. The van der Waals surface area contributed by atoms with E-state index in [0.717, 1.165) is 9.13 Å². The van der Waals surface area contributed by atoms with E-state index < -0.39 is 0 Å². The number of carbonyl (C=O) groups excluding carboxylic acids is 1. The van der Waals surface area contributed by atoms with Crippen molar-refractivity contribution in [3.05, 3.63) is 55.6 Å². The van der Waals surface area contributed by atoms with E-state index in [1.54, 1.807) is 23.0 Å². The van der Waals surface area contributed by atoms with Crippen molar-refractivity contribution < 1.29 is 4.79 Å². The van der Waals surface area contributed by atoms with Crippen LogP contribution in [0.15, 0.2) is 30.7 Å². The maximum atomic E-state index is 12.0. The maximum absolute atomic E-state index is 12.0. The van der Waals surface area contributed by atoms with Gasteiger partial charge in [-0.15, -0.1) is 5.10 Å². The van der Waals surface area contributed by atoms with Crippen LogP contribution in [0.5, 0.6) is 0 Å². The number of aromatic nitrogens is 5. The molecule has 0 aliphatic heterocycles. The molecule has 0 radical (unpaired) electrons. The molecule has 0 aliphatic carbocycles. The number of hydrogen-bond donors (Lipinski definition) is 2. The first kappa shape index (κ1) is 16.2. The van der Waals surface area contributed by atoms with Crippen molar-refractivity contribution in [1.82, 2.24) is 25.0 Å². The molecule has 3 rings (SSSR count). The molecule has 7 nitrogen and oxygen atoms in total. The smallest absolute Gasteiger partial charge is 0.277 e. The lowest BCUT2D eigenvalue weighted by atomic mass is 10.2. The van der Waals surface area contributed by atoms with E-state index in [1.165, 1.54) is 6.33 Å². The highest BCUT2D eigenvalue weighted by Gasteiger charge is 2.14. The molecule has 0 atom stereocenters. The molecule has 0 aliphatic rings. The van der Waals surface area contributed by atoms with Crippen molar-refractivity contribution in [2.24, 2.45) is 0 Å². The van der Waals surface area contributed by atoms with Crippen LogP contribution in [0.4, 0.5) is 5.95 Å². The van der Waals surface area contributed by atoms with Crippen molar-refractivity contribution in [2.45, 2.75) is 6.54 Å². The van der Waals surface area contributed by atoms with Crippen molar-refractivity contribution >= 4 is 57.6 Å². The maximum Gasteiger partial charge on any atom is 0.277 e. The Balaban J connectivity index is 1.69. The van der Waals surface area contributed by atoms with Gasteiger partial charge in [-0.25, -0.2) is 9.67 Å². The first-order valence-electron chi connectivity index (χ1n) is 6.36. The number of hydrogen-bond acceptors (Lipinski definition) is 4. The van der Waals surface area contributed by atoms with Gasteiger partial charge in [-0.2, -0.15) is 5.10 Å². The zero-order chi connectivity index (χ0) is 16.4. The highest BCUT2D eigenvalue weighted by molar-refractivity contribution is 14.1. The van der Waals surface area contributed by atoms with Gasteiger partial charge < -0.3 is 0 Å².